The highest BCUT2D eigenvalue weighted by Gasteiger charge is 2.35. The van der Waals surface area contributed by atoms with Crippen molar-refractivity contribution in [2.75, 3.05) is 19.8 Å². The summed E-state index contributed by atoms with van der Waals surface area (Å²) < 4.78 is 5.20. The summed E-state index contributed by atoms with van der Waals surface area (Å²) in [5.74, 6) is -0.217. The number of hydrogen-bond acceptors (Lipinski definition) is 4. The number of nitrogens with one attached hydrogen (secondary N) is 1. The zero-order chi connectivity index (χ0) is 13.7. The summed E-state index contributed by atoms with van der Waals surface area (Å²) in [5.41, 5.74) is 5.97. The first-order valence-electron chi connectivity index (χ1n) is 6.50. The minimum atomic E-state index is -0.866. The SMILES string of the molecule is Cl.NC1(C(=O)NCC(O)c2ccccc2)CCOCC1. The summed E-state index contributed by atoms with van der Waals surface area (Å²) in [4.78, 5) is 12.1. The van der Waals surface area contributed by atoms with Gasteiger partial charge in [0.15, 0.2) is 0 Å². The Morgan fingerprint density at radius 3 is 2.55 bits per heavy atom. The molecule has 5 nitrogen and oxygen atoms in total. The van der Waals surface area contributed by atoms with Crippen LogP contribution in [0.4, 0.5) is 0 Å². The fourth-order valence-electron chi connectivity index (χ4n) is 2.12. The molecule has 2 rings (SSSR count). The van der Waals surface area contributed by atoms with E-state index in [0.29, 0.717) is 26.1 Å². The topological polar surface area (TPSA) is 84.6 Å². The van der Waals surface area contributed by atoms with Crippen LogP contribution < -0.4 is 11.1 Å². The molecular weight excluding hydrogens is 280 g/mol. The Kier molecular flexibility index (Phi) is 6.42. The van der Waals surface area contributed by atoms with Crippen LogP contribution in [-0.2, 0) is 9.53 Å². The summed E-state index contributed by atoms with van der Waals surface area (Å²) >= 11 is 0. The van der Waals surface area contributed by atoms with Crippen molar-refractivity contribution in [3.05, 3.63) is 35.9 Å². The van der Waals surface area contributed by atoms with E-state index < -0.39 is 11.6 Å². The number of ether oxygens (including phenoxy) is 1. The van der Waals surface area contributed by atoms with E-state index in [0.717, 1.165) is 5.56 Å². The minimum absolute atomic E-state index is 0. The van der Waals surface area contributed by atoms with E-state index >= 15 is 0 Å². The van der Waals surface area contributed by atoms with Crippen LogP contribution >= 0.6 is 12.4 Å². The van der Waals surface area contributed by atoms with Crippen molar-refractivity contribution in [3.8, 4) is 0 Å². The number of carbonyl (C=O) groups excluding carboxylic acids is 1. The highest BCUT2D eigenvalue weighted by atomic mass is 35.5. The van der Waals surface area contributed by atoms with Crippen molar-refractivity contribution >= 4 is 18.3 Å². The third-order valence-electron chi connectivity index (χ3n) is 3.48. The van der Waals surface area contributed by atoms with Crippen LogP contribution in [0.15, 0.2) is 30.3 Å². The molecule has 1 heterocycles. The second-order valence-electron chi connectivity index (χ2n) is 4.91. The molecular formula is C14H21ClN2O3. The molecule has 0 radical (unpaired) electrons. The molecule has 1 amide bonds. The molecule has 6 heteroatoms. The molecule has 1 aliphatic heterocycles. The van der Waals surface area contributed by atoms with Gasteiger partial charge in [0.05, 0.1) is 11.6 Å². The first-order chi connectivity index (χ1) is 9.12. The molecule has 1 fully saturated rings. The molecule has 4 N–H and O–H groups in total. The standard InChI is InChI=1S/C14H20N2O3.ClH/c15-14(6-8-19-9-7-14)13(18)16-10-12(17)11-4-2-1-3-5-11;/h1-5,12,17H,6-10,15H2,(H,16,18);1H. The first-order valence-corrected chi connectivity index (χ1v) is 6.50. The van der Waals surface area contributed by atoms with Crippen LogP contribution in [-0.4, -0.2) is 36.3 Å². The Balaban J connectivity index is 0.00000200. The minimum Gasteiger partial charge on any atom is -0.387 e. The normalized spacial score (nSPS) is 18.7. The highest BCUT2D eigenvalue weighted by molar-refractivity contribution is 5.86. The second-order valence-corrected chi connectivity index (χ2v) is 4.91. The summed E-state index contributed by atoms with van der Waals surface area (Å²) in [5, 5.41) is 12.7. The highest BCUT2D eigenvalue weighted by Crippen LogP contribution is 2.18. The van der Waals surface area contributed by atoms with Crippen LogP contribution in [0.1, 0.15) is 24.5 Å². The van der Waals surface area contributed by atoms with Crippen LogP contribution in [0, 0.1) is 0 Å². The quantitative estimate of drug-likeness (QED) is 0.767. The van der Waals surface area contributed by atoms with Gasteiger partial charge in [-0.1, -0.05) is 30.3 Å². The van der Waals surface area contributed by atoms with Gasteiger partial charge in [-0.05, 0) is 18.4 Å². The van der Waals surface area contributed by atoms with Gasteiger partial charge in [-0.15, -0.1) is 12.4 Å². The molecule has 1 aromatic carbocycles. The zero-order valence-electron chi connectivity index (χ0n) is 11.2. The average molecular weight is 301 g/mol. The van der Waals surface area contributed by atoms with Crippen molar-refractivity contribution in [1.82, 2.24) is 5.32 Å². The number of aliphatic hydroxyl groups excluding tert-OH is 1. The van der Waals surface area contributed by atoms with Gasteiger partial charge in [0.2, 0.25) is 5.91 Å². The number of halogens is 1. The summed E-state index contributed by atoms with van der Waals surface area (Å²) in [6, 6.07) is 9.23. The van der Waals surface area contributed by atoms with Crippen molar-refractivity contribution in [2.24, 2.45) is 5.73 Å². The Morgan fingerprint density at radius 1 is 1.35 bits per heavy atom. The van der Waals surface area contributed by atoms with Crippen molar-refractivity contribution < 1.29 is 14.6 Å². The summed E-state index contributed by atoms with van der Waals surface area (Å²) in [6.07, 6.45) is 0.314. The number of benzene rings is 1. The Morgan fingerprint density at radius 2 is 1.95 bits per heavy atom. The third kappa shape index (κ3) is 4.18. The van der Waals surface area contributed by atoms with E-state index in [1.807, 2.05) is 30.3 Å². The van der Waals surface area contributed by atoms with Gasteiger partial charge >= 0.3 is 0 Å². The van der Waals surface area contributed by atoms with E-state index in [2.05, 4.69) is 5.32 Å². The van der Waals surface area contributed by atoms with Crippen LogP contribution in [0.5, 0.6) is 0 Å². The summed E-state index contributed by atoms with van der Waals surface area (Å²) in [7, 11) is 0. The predicted molar refractivity (Wildman–Crippen MR) is 78.6 cm³/mol. The lowest BCUT2D eigenvalue weighted by Gasteiger charge is -2.32. The van der Waals surface area contributed by atoms with Crippen molar-refractivity contribution in [1.29, 1.82) is 0 Å². The molecule has 112 valence electrons. The lowest BCUT2D eigenvalue weighted by atomic mass is 9.90. The van der Waals surface area contributed by atoms with E-state index in [1.54, 1.807) is 0 Å². The molecule has 0 aromatic heterocycles. The van der Waals surface area contributed by atoms with Gasteiger partial charge in [-0.2, -0.15) is 0 Å². The zero-order valence-corrected chi connectivity index (χ0v) is 12.1. The maximum absolute atomic E-state index is 12.1. The Hall–Kier alpha value is -1.14. The molecule has 0 saturated carbocycles. The fourth-order valence-corrected chi connectivity index (χ4v) is 2.12. The number of amides is 1. The molecule has 20 heavy (non-hydrogen) atoms. The molecule has 1 atom stereocenters. The van der Waals surface area contributed by atoms with Gasteiger partial charge in [-0.25, -0.2) is 0 Å². The molecule has 1 saturated heterocycles. The Bertz CT molecular complexity index is 422. The maximum atomic E-state index is 12.1. The fraction of sp³-hybridized carbons (Fsp3) is 0.500. The molecule has 1 aliphatic rings. The van der Waals surface area contributed by atoms with Crippen molar-refractivity contribution in [2.45, 2.75) is 24.5 Å². The van der Waals surface area contributed by atoms with Gasteiger partial charge in [0, 0.05) is 19.8 Å². The molecule has 0 bridgehead atoms. The third-order valence-corrected chi connectivity index (χ3v) is 3.48. The number of rotatable bonds is 4. The van der Waals surface area contributed by atoms with Gasteiger partial charge < -0.3 is 20.9 Å². The summed E-state index contributed by atoms with van der Waals surface area (Å²) in [6.45, 7) is 1.18. The van der Waals surface area contributed by atoms with Crippen LogP contribution in [0.3, 0.4) is 0 Å². The largest absolute Gasteiger partial charge is 0.387 e. The number of nitrogens with two attached hydrogens (primary N) is 1. The van der Waals surface area contributed by atoms with E-state index in [1.165, 1.54) is 0 Å². The lowest BCUT2D eigenvalue weighted by Crippen LogP contribution is -2.57. The number of hydrogen-bond donors (Lipinski definition) is 3. The average Bonchev–Trinajstić information content (AvgIpc) is 2.46. The predicted octanol–water partition coefficient (Wildman–Crippen LogP) is 0.766. The molecule has 0 spiro atoms. The Labute approximate surface area is 124 Å². The lowest BCUT2D eigenvalue weighted by molar-refractivity contribution is -0.130. The number of carbonyl (C=O) groups is 1. The van der Waals surface area contributed by atoms with E-state index in [9.17, 15) is 9.90 Å². The van der Waals surface area contributed by atoms with Crippen LogP contribution in [0.25, 0.3) is 0 Å². The van der Waals surface area contributed by atoms with Gasteiger partial charge in [-0.3, -0.25) is 4.79 Å². The second kappa shape index (κ2) is 7.59. The van der Waals surface area contributed by atoms with E-state index in [-0.39, 0.29) is 24.9 Å². The maximum Gasteiger partial charge on any atom is 0.240 e. The van der Waals surface area contributed by atoms with Crippen LogP contribution in [0.2, 0.25) is 0 Å². The van der Waals surface area contributed by atoms with Gasteiger partial charge in [0.1, 0.15) is 0 Å². The molecule has 1 unspecified atom stereocenters. The number of aliphatic hydroxyl groups is 1. The monoisotopic (exact) mass is 300 g/mol. The van der Waals surface area contributed by atoms with E-state index in [4.69, 9.17) is 10.5 Å². The smallest absolute Gasteiger partial charge is 0.240 e. The van der Waals surface area contributed by atoms with Crippen molar-refractivity contribution in [3.63, 3.8) is 0 Å². The molecule has 1 aromatic rings. The first kappa shape index (κ1) is 16.9. The van der Waals surface area contributed by atoms with Gasteiger partial charge in [0.25, 0.3) is 0 Å². The molecule has 0 aliphatic carbocycles.